The van der Waals surface area contributed by atoms with Gasteiger partial charge < -0.3 is 20.5 Å². The molecule has 0 heterocycles. The molecule has 1 aromatic carbocycles. The van der Waals surface area contributed by atoms with Crippen LogP contribution in [0, 0.1) is 0 Å². The molecule has 3 N–H and O–H groups in total. The Balaban J connectivity index is 0.00000484. The number of rotatable bonds is 11. The van der Waals surface area contributed by atoms with E-state index in [1.807, 2.05) is 13.0 Å². The predicted octanol–water partition coefficient (Wildman–Crippen LogP) is 2.58. The number of nitrogens with two attached hydrogens (primary N) is 1. The van der Waals surface area contributed by atoms with Crippen LogP contribution in [-0.2, 0) is 15.9 Å². The molecule has 0 bridgehead atoms. The minimum atomic E-state index is 0. The third-order valence-corrected chi connectivity index (χ3v) is 3.17. The SMILES string of the molecule is COCC(C)NC(N)=NCCCCOCCc1ccccc1.I. The third-order valence-electron chi connectivity index (χ3n) is 3.17. The van der Waals surface area contributed by atoms with E-state index in [4.69, 9.17) is 15.2 Å². The van der Waals surface area contributed by atoms with Crippen LogP contribution in [0.3, 0.4) is 0 Å². The average Bonchev–Trinajstić information content (AvgIpc) is 2.51. The van der Waals surface area contributed by atoms with Crippen LogP contribution in [0.15, 0.2) is 35.3 Å². The molecular formula is C17H30IN3O2. The van der Waals surface area contributed by atoms with E-state index in [2.05, 4.69) is 34.6 Å². The van der Waals surface area contributed by atoms with Crippen LogP contribution in [0.1, 0.15) is 25.3 Å². The second kappa shape index (κ2) is 14.7. The second-order valence-electron chi connectivity index (χ2n) is 5.32. The highest BCUT2D eigenvalue weighted by Gasteiger charge is 2.00. The van der Waals surface area contributed by atoms with Gasteiger partial charge in [-0.3, -0.25) is 4.99 Å². The first-order valence-corrected chi connectivity index (χ1v) is 7.89. The van der Waals surface area contributed by atoms with Crippen LogP contribution in [0.4, 0.5) is 0 Å². The van der Waals surface area contributed by atoms with Gasteiger partial charge in [0.25, 0.3) is 0 Å². The van der Waals surface area contributed by atoms with E-state index in [0.29, 0.717) is 12.6 Å². The largest absolute Gasteiger partial charge is 0.383 e. The van der Waals surface area contributed by atoms with Crippen LogP contribution in [0.2, 0.25) is 0 Å². The van der Waals surface area contributed by atoms with Crippen LogP contribution in [0.5, 0.6) is 0 Å². The molecule has 0 spiro atoms. The summed E-state index contributed by atoms with van der Waals surface area (Å²) in [5.74, 6) is 0.481. The lowest BCUT2D eigenvalue weighted by atomic mass is 10.2. The van der Waals surface area contributed by atoms with E-state index in [1.54, 1.807) is 7.11 Å². The summed E-state index contributed by atoms with van der Waals surface area (Å²) in [5.41, 5.74) is 7.10. The zero-order valence-electron chi connectivity index (χ0n) is 14.2. The smallest absolute Gasteiger partial charge is 0.188 e. The van der Waals surface area contributed by atoms with Gasteiger partial charge >= 0.3 is 0 Å². The van der Waals surface area contributed by atoms with Crippen molar-refractivity contribution in [3.63, 3.8) is 0 Å². The highest BCUT2D eigenvalue weighted by molar-refractivity contribution is 14.0. The monoisotopic (exact) mass is 435 g/mol. The Hall–Kier alpha value is -0.860. The molecule has 0 fully saturated rings. The predicted molar refractivity (Wildman–Crippen MR) is 107 cm³/mol. The molecule has 6 heteroatoms. The van der Waals surface area contributed by atoms with Crippen molar-refractivity contribution < 1.29 is 9.47 Å². The van der Waals surface area contributed by atoms with E-state index in [0.717, 1.165) is 39.0 Å². The summed E-state index contributed by atoms with van der Waals surface area (Å²) in [6.07, 6.45) is 2.94. The number of guanidine groups is 1. The molecule has 0 aromatic heterocycles. The van der Waals surface area contributed by atoms with Gasteiger partial charge in [0.05, 0.1) is 13.2 Å². The normalized spacial score (nSPS) is 12.5. The molecule has 0 radical (unpaired) electrons. The number of nitrogens with zero attached hydrogens (tertiary/aromatic N) is 1. The lowest BCUT2D eigenvalue weighted by Crippen LogP contribution is -2.40. The Morgan fingerprint density at radius 3 is 2.65 bits per heavy atom. The fourth-order valence-electron chi connectivity index (χ4n) is 2.04. The van der Waals surface area contributed by atoms with Gasteiger partial charge in [-0.15, -0.1) is 24.0 Å². The number of aliphatic imine (C=N–C) groups is 1. The van der Waals surface area contributed by atoms with Gasteiger partial charge in [-0.05, 0) is 31.7 Å². The summed E-state index contributed by atoms with van der Waals surface area (Å²) in [4.78, 5) is 4.28. The molecule has 0 aliphatic carbocycles. The molecule has 0 saturated carbocycles. The summed E-state index contributed by atoms with van der Waals surface area (Å²) < 4.78 is 10.7. The fourth-order valence-corrected chi connectivity index (χ4v) is 2.04. The zero-order chi connectivity index (χ0) is 16.0. The maximum Gasteiger partial charge on any atom is 0.188 e. The van der Waals surface area contributed by atoms with Gasteiger partial charge in [0, 0.05) is 26.3 Å². The number of hydrogen-bond acceptors (Lipinski definition) is 3. The summed E-state index contributed by atoms with van der Waals surface area (Å²) >= 11 is 0. The highest BCUT2D eigenvalue weighted by Crippen LogP contribution is 2.00. The molecular weight excluding hydrogens is 405 g/mol. The molecule has 0 aliphatic heterocycles. The first-order valence-electron chi connectivity index (χ1n) is 7.89. The van der Waals surface area contributed by atoms with Crippen molar-refractivity contribution in [3.05, 3.63) is 35.9 Å². The van der Waals surface area contributed by atoms with E-state index >= 15 is 0 Å². The van der Waals surface area contributed by atoms with Gasteiger partial charge in [0.1, 0.15) is 0 Å². The van der Waals surface area contributed by atoms with Gasteiger partial charge in [-0.25, -0.2) is 0 Å². The molecule has 1 unspecified atom stereocenters. The number of benzene rings is 1. The lowest BCUT2D eigenvalue weighted by molar-refractivity contribution is 0.134. The Morgan fingerprint density at radius 2 is 1.96 bits per heavy atom. The minimum absolute atomic E-state index is 0. The molecule has 1 aromatic rings. The van der Waals surface area contributed by atoms with Gasteiger partial charge in [-0.2, -0.15) is 0 Å². The standard InChI is InChI=1S/C17H29N3O2.HI/c1-15(14-21-2)20-17(18)19-11-6-7-12-22-13-10-16-8-4-3-5-9-16;/h3-5,8-9,15H,6-7,10-14H2,1-2H3,(H3,18,19,20);1H. The summed E-state index contributed by atoms with van der Waals surface area (Å²) in [5, 5.41) is 3.08. The maximum absolute atomic E-state index is 5.78. The van der Waals surface area contributed by atoms with Gasteiger partial charge in [0.2, 0.25) is 0 Å². The maximum atomic E-state index is 5.78. The Morgan fingerprint density at radius 1 is 1.22 bits per heavy atom. The Labute approximate surface area is 157 Å². The van der Waals surface area contributed by atoms with Gasteiger partial charge in [-0.1, -0.05) is 30.3 Å². The van der Waals surface area contributed by atoms with E-state index < -0.39 is 0 Å². The molecule has 1 rings (SSSR count). The number of methoxy groups -OCH3 is 1. The van der Waals surface area contributed by atoms with Crippen LogP contribution in [0.25, 0.3) is 0 Å². The Bertz CT molecular complexity index is 416. The van der Waals surface area contributed by atoms with Crippen molar-refractivity contribution in [1.29, 1.82) is 0 Å². The molecule has 132 valence electrons. The first-order chi connectivity index (χ1) is 10.7. The topological polar surface area (TPSA) is 68.9 Å². The molecule has 0 saturated heterocycles. The van der Waals surface area contributed by atoms with Crippen molar-refractivity contribution in [1.82, 2.24) is 5.32 Å². The number of nitrogens with one attached hydrogen (secondary N) is 1. The molecule has 5 nitrogen and oxygen atoms in total. The summed E-state index contributed by atoms with van der Waals surface area (Å²) in [6, 6.07) is 10.6. The number of halogens is 1. The first kappa shape index (κ1) is 22.1. The highest BCUT2D eigenvalue weighted by atomic mass is 127. The number of ether oxygens (including phenoxy) is 2. The molecule has 0 amide bonds. The quantitative estimate of drug-likeness (QED) is 0.243. The number of hydrogen-bond donors (Lipinski definition) is 2. The minimum Gasteiger partial charge on any atom is -0.383 e. The van der Waals surface area contributed by atoms with Crippen molar-refractivity contribution in [2.45, 2.75) is 32.2 Å². The van der Waals surface area contributed by atoms with Crippen LogP contribution in [-0.4, -0.2) is 45.5 Å². The van der Waals surface area contributed by atoms with Gasteiger partial charge in [0.15, 0.2) is 5.96 Å². The van der Waals surface area contributed by atoms with Crippen LogP contribution < -0.4 is 11.1 Å². The van der Waals surface area contributed by atoms with E-state index in [-0.39, 0.29) is 30.0 Å². The molecule has 0 aliphatic rings. The molecule has 1 atom stereocenters. The van der Waals surface area contributed by atoms with Crippen molar-refractivity contribution in [2.24, 2.45) is 10.7 Å². The van der Waals surface area contributed by atoms with Crippen molar-refractivity contribution >= 4 is 29.9 Å². The molecule has 23 heavy (non-hydrogen) atoms. The fraction of sp³-hybridized carbons (Fsp3) is 0.588. The average molecular weight is 435 g/mol. The van der Waals surface area contributed by atoms with Crippen LogP contribution >= 0.6 is 24.0 Å². The number of unbranched alkanes of at least 4 members (excludes halogenated alkanes) is 1. The lowest BCUT2D eigenvalue weighted by Gasteiger charge is -2.12. The van der Waals surface area contributed by atoms with E-state index in [9.17, 15) is 0 Å². The summed E-state index contributed by atoms with van der Waals surface area (Å²) in [7, 11) is 1.67. The van der Waals surface area contributed by atoms with Crippen molar-refractivity contribution in [2.75, 3.05) is 33.5 Å². The van der Waals surface area contributed by atoms with E-state index in [1.165, 1.54) is 5.56 Å². The third kappa shape index (κ3) is 12.3. The Kier molecular flexibility index (Phi) is 14.2. The zero-order valence-corrected chi connectivity index (χ0v) is 16.5. The second-order valence-corrected chi connectivity index (χ2v) is 5.32. The summed E-state index contributed by atoms with van der Waals surface area (Å²) in [6.45, 7) is 4.89. The van der Waals surface area contributed by atoms with Crippen molar-refractivity contribution in [3.8, 4) is 0 Å².